The molecule has 194 valence electrons. The molecule has 0 N–H and O–H groups in total. The molecule has 0 spiro atoms. The molecule has 3 aromatic rings. The van der Waals surface area contributed by atoms with Gasteiger partial charge in [0.1, 0.15) is 11.5 Å². The van der Waals surface area contributed by atoms with Gasteiger partial charge in [0, 0.05) is 6.08 Å². The van der Waals surface area contributed by atoms with Crippen molar-refractivity contribution in [2.45, 2.75) is 51.9 Å². The Morgan fingerprint density at radius 2 is 1.35 bits per heavy atom. The highest BCUT2D eigenvalue weighted by Gasteiger charge is 2.11. The first-order valence-electron chi connectivity index (χ1n) is 13.0. The minimum atomic E-state index is -0.356. The van der Waals surface area contributed by atoms with Crippen LogP contribution in [0, 0.1) is 0 Å². The number of carbonyl (C=O) groups is 2. The Labute approximate surface area is 220 Å². The van der Waals surface area contributed by atoms with Crippen molar-refractivity contribution in [3.8, 4) is 22.6 Å². The van der Waals surface area contributed by atoms with Crippen LogP contribution in [0.5, 0.6) is 11.5 Å². The van der Waals surface area contributed by atoms with Gasteiger partial charge in [0.05, 0.1) is 18.8 Å². The maximum Gasteiger partial charge on any atom is 0.343 e. The SMILES string of the molecule is C=CC(=O)OCCCCCCCCOc1ccc(-c2ccc(C(=O)Oc3ccccc3CC)cc2)cc1. The molecule has 0 aliphatic rings. The summed E-state index contributed by atoms with van der Waals surface area (Å²) in [4.78, 5) is 23.5. The number of ether oxygens (including phenoxy) is 3. The second kappa shape index (κ2) is 15.3. The van der Waals surface area contributed by atoms with Gasteiger partial charge in [-0.15, -0.1) is 0 Å². The second-order valence-electron chi connectivity index (χ2n) is 8.79. The van der Waals surface area contributed by atoms with Crippen molar-refractivity contribution < 1.29 is 23.8 Å². The Balaban J connectivity index is 1.37. The zero-order valence-corrected chi connectivity index (χ0v) is 21.6. The average molecular weight is 501 g/mol. The fraction of sp³-hybridized carbons (Fsp3) is 0.312. The van der Waals surface area contributed by atoms with Crippen LogP contribution in [0.25, 0.3) is 11.1 Å². The summed E-state index contributed by atoms with van der Waals surface area (Å²) in [7, 11) is 0. The summed E-state index contributed by atoms with van der Waals surface area (Å²) in [5, 5.41) is 0. The van der Waals surface area contributed by atoms with Crippen LogP contribution in [0.1, 0.15) is 61.4 Å². The number of hydrogen-bond donors (Lipinski definition) is 0. The van der Waals surface area contributed by atoms with Crippen molar-refractivity contribution in [3.63, 3.8) is 0 Å². The molecule has 0 heterocycles. The monoisotopic (exact) mass is 500 g/mol. The number of esters is 2. The van der Waals surface area contributed by atoms with Crippen LogP contribution < -0.4 is 9.47 Å². The molecule has 5 nitrogen and oxygen atoms in total. The molecule has 37 heavy (non-hydrogen) atoms. The van der Waals surface area contributed by atoms with Crippen LogP contribution >= 0.6 is 0 Å². The van der Waals surface area contributed by atoms with Gasteiger partial charge >= 0.3 is 11.9 Å². The van der Waals surface area contributed by atoms with Gasteiger partial charge in [-0.25, -0.2) is 9.59 Å². The van der Waals surface area contributed by atoms with Gasteiger partial charge in [-0.1, -0.05) is 81.7 Å². The quantitative estimate of drug-likeness (QED) is 0.0931. The summed E-state index contributed by atoms with van der Waals surface area (Å²) < 4.78 is 16.5. The Morgan fingerprint density at radius 3 is 2.00 bits per heavy atom. The van der Waals surface area contributed by atoms with Gasteiger partial charge in [0.2, 0.25) is 0 Å². The standard InChI is InChI=1S/C32H36O5/c1-3-25-13-9-10-14-30(25)37-32(34)28-17-15-26(16-18-28)27-19-21-29(22-20-27)35-23-11-7-5-6-8-12-24-36-31(33)4-2/h4,9-10,13-22H,2-3,5-8,11-12,23-24H2,1H3. The number of aryl methyl sites for hydroxylation is 1. The molecule has 3 aromatic carbocycles. The first-order chi connectivity index (χ1) is 18.1. The first kappa shape index (κ1) is 27.7. The van der Waals surface area contributed by atoms with E-state index in [9.17, 15) is 9.59 Å². The van der Waals surface area contributed by atoms with Crippen molar-refractivity contribution >= 4 is 11.9 Å². The number of para-hydroxylation sites is 1. The highest BCUT2D eigenvalue weighted by atomic mass is 16.5. The van der Waals surface area contributed by atoms with Gasteiger partial charge in [-0.3, -0.25) is 0 Å². The van der Waals surface area contributed by atoms with Crippen molar-refractivity contribution in [1.82, 2.24) is 0 Å². The third-order valence-electron chi connectivity index (χ3n) is 6.08. The highest BCUT2D eigenvalue weighted by molar-refractivity contribution is 5.91. The summed E-state index contributed by atoms with van der Waals surface area (Å²) in [6.45, 7) is 6.57. The predicted octanol–water partition coefficient (Wildman–Crippen LogP) is 7.58. The molecule has 0 saturated heterocycles. The normalized spacial score (nSPS) is 10.5. The number of benzene rings is 3. The zero-order valence-electron chi connectivity index (χ0n) is 21.6. The number of unbranched alkanes of at least 4 members (excludes halogenated alkanes) is 5. The smallest absolute Gasteiger partial charge is 0.343 e. The van der Waals surface area contributed by atoms with Crippen LogP contribution in [-0.4, -0.2) is 25.2 Å². The lowest BCUT2D eigenvalue weighted by atomic mass is 10.0. The molecule has 0 amide bonds. The van der Waals surface area contributed by atoms with Gasteiger partial charge in [0.15, 0.2) is 0 Å². The first-order valence-corrected chi connectivity index (χ1v) is 13.0. The third-order valence-corrected chi connectivity index (χ3v) is 6.08. The Hall–Kier alpha value is -3.86. The van der Waals surface area contributed by atoms with E-state index in [0.29, 0.717) is 24.5 Å². The lowest BCUT2D eigenvalue weighted by molar-refractivity contribution is -0.137. The van der Waals surface area contributed by atoms with E-state index >= 15 is 0 Å². The van der Waals surface area contributed by atoms with E-state index in [-0.39, 0.29) is 11.9 Å². The Bertz CT molecular complexity index is 1130. The molecule has 0 atom stereocenters. The van der Waals surface area contributed by atoms with Gasteiger partial charge in [-0.2, -0.15) is 0 Å². The minimum absolute atomic E-state index is 0.352. The predicted molar refractivity (Wildman–Crippen MR) is 147 cm³/mol. The van der Waals surface area contributed by atoms with E-state index in [0.717, 1.165) is 67.4 Å². The topological polar surface area (TPSA) is 61.8 Å². The van der Waals surface area contributed by atoms with Crippen LogP contribution in [0.4, 0.5) is 0 Å². The molecule has 0 bridgehead atoms. The maximum atomic E-state index is 12.6. The average Bonchev–Trinajstić information content (AvgIpc) is 2.94. The van der Waals surface area contributed by atoms with E-state index in [2.05, 4.69) is 6.58 Å². The molecule has 5 heteroatoms. The molecular weight excluding hydrogens is 464 g/mol. The number of hydrogen-bond acceptors (Lipinski definition) is 5. The fourth-order valence-corrected chi connectivity index (χ4v) is 3.93. The van der Waals surface area contributed by atoms with Gasteiger partial charge in [0.25, 0.3) is 0 Å². The van der Waals surface area contributed by atoms with E-state index < -0.39 is 0 Å². The van der Waals surface area contributed by atoms with Crippen LogP contribution in [0.15, 0.2) is 85.5 Å². The zero-order chi connectivity index (χ0) is 26.3. The molecule has 0 unspecified atom stereocenters. The second-order valence-corrected chi connectivity index (χ2v) is 8.79. The van der Waals surface area contributed by atoms with Crippen LogP contribution in [-0.2, 0) is 16.0 Å². The summed E-state index contributed by atoms with van der Waals surface area (Å²) in [6, 6.07) is 23.1. The van der Waals surface area contributed by atoms with Crippen molar-refractivity contribution in [3.05, 3.63) is 96.6 Å². The third kappa shape index (κ3) is 9.26. The molecule has 0 aromatic heterocycles. The van der Waals surface area contributed by atoms with Crippen LogP contribution in [0.3, 0.4) is 0 Å². The van der Waals surface area contributed by atoms with Crippen molar-refractivity contribution in [2.75, 3.05) is 13.2 Å². The maximum absolute atomic E-state index is 12.6. The van der Waals surface area contributed by atoms with E-state index in [1.807, 2.05) is 67.6 Å². The molecular formula is C32H36O5. The van der Waals surface area contributed by atoms with E-state index in [1.165, 1.54) is 6.08 Å². The largest absolute Gasteiger partial charge is 0.494 e. The lowest BCUT2D eigenvalue weighted by Gasteiger charge is -2.10. The summed E-state index contributed by atoms with van der Waals surface area (Å²) in [5.74, 6) is 0.751. The fourth-order valence-electron chi connectivity index (χ4n) is 3.93. The molecule has 0 fully saturated rings. The highest BCUT2D eigenvalue weighted by Crippen LogP contribution is 2.24. The van der Waals surface area contributed by atoms with E-state index in [1.54, 1.807) is 12.1 Å². The summed E-state index contributed by atoms with van der Waals surface area (Å²) >= 11 is 0. The Morgan fingerprint density at radius 1 is 0.757 bits per heavy atom. The molecule has 0 aliphatic heterocycles. The number of rotatable bonds is 15. The van der Waals surface area contributed by atoms with Gasteiger partial charge in [-0.05, 0) is 66.3 Å². The molecule has 3 rings (SSSR count). The van der Waals surface area contributed by atoms with Crippen molar-refractivity contribution in [2.24, 2.45) is 0 Å². The lowest BCUT2D eigenvalue weighted by Crippen LogP contribution is -2.09. The van der Waals surface area contributed by atoms with E-state index in [4.69, 9.17) is 14.2 Å². The van der Waals surface area contributed by atoms with Crippen LogP contribution in [0.2, 0.25) is 0 Å². The molecule has 0 aliphatic carbocycles. The van der Waals surface area contributed by atoms with Crippen molar-refractivity contribution in [1.29, 1.82) is 0 Å². The molecule has 0 radical (unpaired) electrons. The minimum Gasteiger partial charge on any atom is -0.494 e. The molecule has 0 saturated carbocycles. The summed E-state index contributed by atoms with van der Waals surface area (Å²) in [5.41, 5.74) is 3.61. The number of carbonyl (C=O) groups excluding carboxylic acids is 2. The Kier molecular flexibility index (Phi) is 11.5. The van der Waals surface area contributed by atoms with Gasteiger partial charge < -0.3 is 14.2 Å². The summed E-state index contributed by atoms with van der Waals surface area (Å²) in [6.07, 6.45) is 8.34.